The summed E-state index contributed by atoms with van der Waals surface area (Å²) in [6, 6.07) is 9.83. The molecule has 0 aliphatic rings. The number of amides is 1. The minimum Gasteiger partial charge on any atom is -0.462 e. The monoisotopic (exact) mass is 375 g/mol. The molecule has 138 valence electrons. The summed E-state index contributed by atoms with van der Waals surface area (Å²) in [4.78, 5) is 42.0. The Hall–Kier alpha value is -2.61. The second-order valence-corrected chi connectivity index (χ2v) is 6.41. The Kier molecular flexibility index (Phi) is 7.40. The molecule has 8 heteroatoms. The smallest absolute Gasteiger partial charge is 0.346 e. The van der Waals surface area contributed by atoms with Crippen molar-refractivity contribution in [2.45, 2.75) is 25.3 Å². The molecule has 1 aromatic heterocycles. The highest BCUT2D eigenvalue weighted by molar-refractivity contribution is 8.00. The highest BCUT2D eigenvalue weighted by atomic mass is 32.2. The fraction of sp³-hybridized carbons (Fsp3) is 0.333. The molecule has 0 bridgehead atoms. The molecule has 0 saturated heterocycles. The summed E-state index contributed by atoms with van der Waals surface area (Å²) in [6.07, 6.45) is 0.730. The number of hydrogen-bond acceptors (Lipinski definition) is 6. The summed E-state index contributed by atoms with van der Waals surface area (Å²) >= 11 is 1.04. The van der Waals surface area contributed by atoms with Crippen LogP contribution in [-0.4, -0.2) is 40.7 Å². The Morgan fingerprint density at radius 1 is 1.27 bits per heavy atom. The van der Waals surface area contributed by atoms with E-state index in [0.717, 1.165) is 23.7 Å². The molecule has 0 unspecified atom stereocenters. The van der Waals surface area contributed by atoms with Gasteiger partial charge in [0, 0.05) is 12.2 Å². The molecular weight excluding hydrogens is 354 g/mol. The van der Waals surface area contributed by atoms with E-state index in [2.05, 4.69) is 15.3 Å². The lowest BCUT2D eigenvalue weighted by molar-refractivity contribution is -0.118. The third-order valence-corrected chi connectivity index (χ3v) is 4.46. The number of benzene rings is 1. The lowest BCUT2D eigenvalue weighted by Gasteiger charge is -2.10. The summed E-state index contributed by atoms with van der Waals surface area (Å²) in [5.41, 5.74) is 1.13. The van der Waals surface area contributed by atoms with Crippen molar-refractivity contribution in [3.05, 3.63) is 57.6 Å². The zero-order chi connectivity index (χ0) is 18.9. The van der Waals surface area contributed by atoms with Crippen LogP contribution in [0.25, 0.3) is 0 Å². The molecule has 0 saturated carbocycles. The van der Waals surface area contributed by atoms with Crippen LogP contribution >= 0.6 is 11.8 Å². The Morgan fingerprint density at radius 2 is 2.00 bits per heavy atom. The van der Waals surface area contributed by atoms with Crippen molar-refractivity contribution >= 4 is 23.6 Å². The first-order valence-electron chi connectivity index (χ1n) is 8.22. The van der Waals surface area contributed by atoms with Gasteiger partial charge < -0.3 is 15.0 Å². The highest BCUT2D eigenvalue weighted by Crippen LogP contribution is 2.21. The number of carbonyl (C=O) groups is 2. The van der Waals surface area contributed by atoms with Gasteiger partial charge >= 0.3 is 11.7 Å². The van der Waals surface area contributed by atoms with Gasteiger partial charge in [0.15, 0.2) is 0 Å². The van der Waals surface area contributed by atoms with Gasteiger partial charge in [-0.3, -0.25) is 4.79 Å². The molecule has 7 nitrogen and oxygen atoms in total. The Bertz CT molecular complexity index is 821. The number of nitrogens with one attached hydrogen (secondary N) is 2. The average Bonchev–Trinajstić information content (AvgIpc) is 2.60. The summed E-state index contributed by atoms with van der Waals surface area (Å²) < 4.78 is 5.00. The molecule has 26 heavy (non-hydrogen) atoms. The van der Waals surface area contributed by atoms with Crippen molar-refractivity contribution in [3.63, 3.8) is 0 Å². The molecule has 0 fully saturated rings. The number of aromatic nitrogens is 2. The van der Waals surface area contributed by atoms with E-state index in [9.17, 15) is 14.4 Å². The van der Waals surface area contributed by atoms with Crippen LogP contribution in [0.2, 0.25) is 0 Å². The van der Waals surface area contributed by atoms with Crippen molar-refractivity contribution < 1.29 is 14.3 Å². The molecule has 2 rings (SSSR count). The quantitative estimate of drug-likeness (QED) is 0.414. The molecular formula is C18H21N3O4S. The molecule has 0 aliphatic carbocycles. The molecule has 1 amide bonds. The van der Waals surface area contributed by atoms with Crippen LogP contribution in [0.3, 0.4) is 0 Å². The van der Waals surface area contributed by atoms with Crippen LogP contribution in [0.5, 0.6) is 0 Å². The third kappa shape index (κ3) is 5.73. The van der Waals surface area contributed by atoms with Gasteiger partial charge in [0.05, 0.1) is 12.4 Å². The molecule has 2 aromatic rings. The summed E-state index contributed by atoms with van der Waals surface area (Å²) in [5.74, 6) is -0.710. The van der Waals surface area contributed by atoms with Gasteiger partial charge in [-0.15, -0.1) is 0 Å². The van der Waals surface area contributed by atoms with Crippen LogP contribution in [0.4, 0.5) is 0 Å². The maximum atomic E-state index is 12.1. The van der Waals surface area contributed by atoms with Crippen LogP contribution in [0.1, 0.15) is 28.5 Å². The normalized spacial score (nSPS) is 10.4. The minimum atomic E-state index is -0.569. The number of ether oxygens (including phenoxy) is 1. The van der Waals surface area contributed by atoms with Gasteiger partial charge in [-0.25, -0.2) is 9.59 Å². The zero-order valence-electron chi connectivity index (χ0n) is 14.7. The first-order valence-corrected chi connectivity index (χ1v) is 9.21. The van der Waals surface area contributed by atoms with Crippen molar-refractivity contribution in [2.75, 3.05) is 18.9 Å². The van der Waals surface area contributed by atoms with E-state index in [-0.39, 0.29) is 28.9 Å². The van der Waals surface area contributed by atoms with Gasteiger partial charge in [0.2, 0.25) is 5.91 Å². The second kappa shape index (κ2) is 9.76. The van der Waals surface area contributed by atoms with Gasteiger partial charge in [-0.2, -0.15) is 4.98 Å². The lowest BCUT2D eigenvalue weighted by Crippen LogP contribution is -2.28. The highest BCUT2D eigenvalue weighted by Gasteiger charge is 2.19. The van der Waals surface area contributed by atoms with E-state index in [1.165, 1.54) is 0 Å². The van der Waals surface area contributed by atoms with Crippen LogP contribution in [0.15, 0.2) is 40.2 Å². The summed E-state index contributed by atoms with van der Waals surface area (Å²) in [7, 11) is 0. The van der Waals surface area contributed by atoms with E-state index in [1.807, 2.05) is 30.3 Å². The van der Waals surface area contributed by atoms with Crippen molar-refractivity contribution in [1.82, 2.24) is 15.3 Å². The van der Waals surface area contributed by atoms with Gasteiger partial charge in [0.25, 0.3) is 0 Å². The fourth-order valence-corrected chi connectivity index (χ4v) is 3.18. The topological polar surface area (TPSA) is 101 Å². The van der Waals surface area contributed by atoms with Gasteiger partial charge in [-0.05, 0) is 25.8 Å². The largest absolute Gasteiger partial charge is 0.462 e. The average molecular weight is 375 g/mol. The number of carbonyl (C=O) groups excluding carboxylic acids is 2. The number of aryl methyl sites for hydroxylation is 1. The molecule has 0 atom stereocenters. The first-order chi connectivity index (χ1) is 12.5. The molecule has 0 spiro atoms. The van der Waals surface area contributed by atoms with Crippen LogP contribution in [0, 0.1) is 6.92 Å². The zero-order valence-corrected chi connectivity index (χ0v) is 15.5. The number of rotatable bonds is 8. The van der Waals surface area contributed by atoms with E-state index in [0.29, 0.717) is 12.2 Å². The third-order valence-electron chi connectivity index (χ3n) is 3.48. The van der Waals surface area contributed by atoms with Gasteiger partial charge in [0.1, 0.15) is 10.6 Å². The molecule has 0 aliphatic heterocycles. The number of aromatic amines is 1. The SMILES string of the molecule is CCOC(=O)c1c(SCC(=O)NCCc2ccccc2)nc(=O)[nH]c1C. The molecule has 1 aromatic carbocycles. The second-order valence-electron chi connectivity index (χ2n) is 5.44. The van der Waals surface area contributed by atoms with E-state index < -0.39 is 11.7 Å². The molecule has 0 radical (unpaired) electrons. The Balaban J connectivity index is 1.94. The van der Waals surface area contributed by atoms with E-state index >= 15 is 0 Å². The van der Waals surface area contributed by atoms with Crippen molar-refractivity contribution in [2.24, 2.45) is 0 Å². The number of nitrogens with zero attached hydrogens (tertiary/aromatic N) is 1. The van der Waals surface area contributed by atoms with Crippen LogP contribution < -0.4 is 11.0 Å². The predicted octanol–water partition coefficient (Wildman–Crippen LogP) is 1.71. The Labute approximate surface area is 155 Å². The summed E-state index contributed by atoms with van der Waals surface area (Å²) in [6.45, 7) is 4.01. The number of H-pyrrole nitrogens is 1. The number of thioether (sulfide) groups is 1. The maximum Gasteiger partial charge on any atom is 0.346 e. The van der Waals surface area contributed by atoms with Crippen LogP contribution in [-0.2, 0) is 16.0 Å². The minimum absolute atomic E-state index is 0.0527. The summed E-state index contributed by atoms with van der Waals surface area (Å²) in [5, 5.41) is 3.01. The molecule has 1 heterocycles. The van der Waals surface area contributed by atoms with Crippen molar-refractivity contribution in [3.8, 4) is 0 Å². The van der Waals surface area contributed by atoms with E-state index in [4.69, 9.17) is 4.74 Å². The molecule has 2 N–H and O–H groups in total. The van der Waals surface area contributed by atoms with Crippen molar-refractivity contribution in [1.29, 1.82) is 0 Å². The first kappa shape index (κ1) is 19.7. The maximum absolute atomic E-state index is 12.1. The van der Waals surface area contributed by atoms with E-state index in [1.54, 1.807) is 13.8 Å². The standard InChI is InChI=1S/C18H21N3O4S/c1-3-25-17(23)15-12(2)20-18(24)21-16(15)26-11-14(22)19-10-9-13-7-5-4-6-8-13/h4-8H,3,9-11H2,1-2H3,(H,19,22)(H,20,21,24). The number of hydrogen-bond donors (Lipinski definition) is 2. The number of esters is 1. The lowest BCUT2D eigenvalue weighted by atomic mass is 10.1. The Morgan fingerprint density at radius 3 is 2.69 bits per heavy atom. The predicted molar refractivity (Wildman–Crippen MR) is 99.4 cm³/mol. The van der Waals surface area contributed by atoms with Gasteiger partial charge in [-0.1, -0.05) is 42.1 Å². The fourth-order valence-electron chi connectivity index (χ4n) is 2.28.